The van der Waals surface area contributed by atoms with Gasteiger partial charge in [0.1, 0.15) is 23.4 Å². The van der Waals surface area contributed by atoms with Crippen molar-refractivity contribution in [3.8, 4) is 11.4 Å². The van der Waals surface area contributed by atoms with Crippen LogP contribution in [0.5, 0.6) is 0 Å². The van der Waals surface area contributed by atoms with Crippen LogP contribution in [0.2, 0.25) is 0 Å². The number of aryl methyl sites for hydroxylation is 1. The number of piperazine rings is 1. The number of H-pyrrole nitrogens is 1. The number of amides is 2. The normalized spacial score (nSPS) is 16.8. The molecule has 1 aliphatic rings. The van der Waals surface area contributed by atoms with Gasteiger partial charge in [-0.15, -0.1) is 0 Å². The number of aromatic amines is 1. The zero-order valence-electron chi connectivity index (χ0n) is 14.9. The van der Waals surface area contributed by atoms with Gasteiger partial charge in [0.2, 0.25) is 5.91 Å². The van der Waals surface area contributed by atoms with Gasteiger partial charge in [-0.05, 0) is 31.2 Å². The van der Waals surface area contributed by atoms with E-state index in [0.29, 0.717) is 17.1 Å². The van der Waals surface area contributed by atoms with Gasteiger partial charge in [0, 0.05) is 24.3 Å². The molecule has 1 unspecified atom stereocenters. The Balaban J connectivity index is 1.88. The largest absolute Gasteiger partial charge is 0.469 e. The molecular weight excluding hydrogens is 355 g/mol. The first kappa shape index (κ1) is 18.6. The second kappa shape index (κ2) is 7.56. The molecule has 27 heavy (non-hydrogen) atoms. The SMILES string of the molecule is COC(=O)CC1C(=O)NCCN1C(=O)c1nc(-c2ccc(F)cc2)[nH]c1C. The van der Waals surface area contributed by atoms with Gasteiger partial charge in [-0.2, -0.15) is 0 Å². The molecule has 142 valence electrons. The molecule has 2 aromatic rings. The Morgan fingerprint density at radius 1 is 1.33 bits per heavy atom. The van der Waals surface area contributed by atoms with Crippen LogP contribution < -0.4 is 5.32 Å². The Morgan fingerprint density at radius 3 is 2.70 bits per heavy atom. The van der Waals surface area contributed by atoms with Crippen molar-refractivity contribution in [2.24, 2.45) is 0 Å². The first-order chi connectivity index (χ1) is 12.9. The lowest BCUT2D eigenvalue weighted by Crippen LogP contribution is -2.58. The Bertz CT molecular complexity index is 878. The van der Waals surface area contributed by atoms with Crippen LogP contribution in [0.15, 0.2) is 24.3 Å². The molecule has 0 spiro atoms. The van der Waals surface area contributed by atoms with Crippen LogP contribution in [0, 0.1) is 12.7 Å². The van der Waals surface area contributed by atoms with E-state index < -0.39 is 23.8 Å². The average molecular weight is 374 g/mol. The summed E-state index contributed by atoms with van der Waals surface area (Å²) < 4.78 is 17.7. The highest BCUT2D eigenvalue weighted by Gasteiger charge is 2.36. The van der Waals surface area contributed by atoms with Crippen molar-refractivity contribution in [1.82, 2.24) is 20.2 Å². The molecule has 2 heterocycles. The summed E-state index contributed by atoms with van der Waals surface area (Å²) in [6, 6.07) is 4.75. The molecule has 0 bridgehead atoms. The van der Waals surface area contributed by atoms with Crippen LogP contribution in [0.1, 0.15) is 22.6 Å². The van der Waals surface area contributed by atoms with E-state index in [0.717, 1.165) is 0 Å². The fourth-order valence-corrected chi connectivity index (χ4v) is 2.95. The molecule has 1 aromatic carbocycles. The van der Waals surface area contributed by atoms with E-state index in [9.17, 15) is 18.8 Å². The molecule has 1 aromatic heterocycles. The quantitative estimate of drug-likeness (QED) is 0.778. The highest BCUT2D eigenvalue weighted by Crippen LogP contribution is 2.21. The molecule has 1 fully saturated rings. The number of benzene rings is 1. The van der Waals surface area contributed by atoms with Gasteiger partial charge in [0.05, 0.1) is 13.5 Å². The predicted octanol–water partition coefficient (Wildman–Crippen LogP) is 1.03. The monoisotopic (exact) mass is 374 g/mol. The van der Waals surface area contributed by atoms with Crippen LogP contribution in [0.25, 0.3) is 11.4 Å². The Hall–Kier alpha value is -3.23. The van der Waals surface area contributed by atoms with E-state index in [2.05, 4.69) is 20.0 Å². The molecule has 0 saturated carbocycles. The molecule has 1 atom stereocenters. The third-order valence-electron chi connectivity index (χ3n) is 4.38. The molecule has 0 radical (unpaired) electrons. The number of nitrogens with one attached hydrogen (secondary N) is 2. The van der Waals surface area contributed by atoms with Crippen molar-refractivity contribution in [3.05, 3.63) is 41.5 Å². The van der Waals surface area contributed by atoms with E-state index in [1.807, 2.05) is 0 Å². The van der Waals surface area contributed by atoms with E-state index in [1.54, 1.807) is 19.1 Å². The summed E-state index contributed by atoms with van der Waals surface area (Å²) in [6.07, 6.45) is -0.234. The van der Waals surface area contributed by atoms with E-state index in [-0.39, 0.29) is 31.0 Å². The van der Waals surface area contributed by atoms with Crippen LogP contribution >= 0.6 is 0 Å². The Morgan fingerprint density at radius 2 is 2.04 bits per heavy atom. The number of esters is 1. The maximum Gasteiger partial charge on any atom is 0.308 e. The number of carbonyl (C=O) groups excluding carboxylic acids is 3. The minimum Gasteiger partial charge on any atom is -0.469 e. The minimum absolute atomic E-state index is 0.152. The third kappa shape index (κ3) is 3.81. The van der Waals surface area contributed by atoms with Crippen molar-refractivity contribution < 1.29 is 23.5 Å². The predicted molar refractivity (Wildman–Crippen MR) is 93.2 cm³/mol. The number of halogens is 1. The number of ether oxygens (including phenoxy) is 1. The third-order valence-corrected chi connectivity index (χ3v) is 4.38. The van der Waals surface area contributed by atoms with E-state index in [1.165, 1.54) is 24.1 Å². The van der Waals surface area contributed by atoms with Crippen LogP contribution in [-0.4, -0.2) is 58.9 Å². The molecule has 2 N–H and O–H groups in total. The molecular formula is C18H19FN4O4. The molecule has 1 aliphatic heterocycles. The summed E-state index contributed by atoms with van der Waals surface area (Å²) in [4.78, 5) is 45.4. The number of carbonyl (C=O) groups is 3. The maximum absolute atomic E-state index is 13.1. The molecule has 9 heteroatoms. The lowest BCUT2D eigenvalue weighted by Gasteiger charge is -2.34. The van der Waals surface area contributed by atoms with Gasteiger partial charge in [0.15, 0.2) is 0 Å². The second-order valence-corrected chi connectivity index (χ2v) is 6.15. The highest BCUT2D eigenvalue weighted by atomic mass is 19.1. The van der Waals surface area contributed by atoms with Gasteiger partial charge < -0.3 is 19.9 Å². The topological polar surface area (TPSA) is 104 Å². The molecule has 8 nitrogen and oxygen atoms in total. The number of nitrogens with zero attached hydrogens (tertiary/aromatic N) is 2. The average Bonchev–Trinajstić information content (AvgIpc) is 3.05. The molecule has 2 amide bonds. The lowest BCUT2D eigenvalue weighted by atomic mass is 10.1. The Kier molecular flexibility index (Phi) is 5.20. The number of hydrogen-bond donors (Lipinski definition) is 2. The van der Waals surface area contributed by atoms with Crippen molar-refractivity contribution in [2.45, 2.75) is 19.4 Å². The van der Waals surface area contributed by atoms with Crippen molar-refractivity contribution >= 4 is 17.8 Å². The summed E-state index contributed by atoms with van der Waals surface area (Å²) in [7, 11) is 1.22. The fourth-order valence-electron chi connectivity index (χ4n) is 2.95. The van der Waals surface area contributed by atoms with Gasteiger partial charge in [0.25, 0.3) is 5.91 Å². The number of imidazole rings is 1. The van der Waals surface area contributed by atoms with Crippen molar-refractivity contribution in [1.29, 1.82) is 0 Å². The smallest absolute Gasteiger partial charge is 0.308 e. The standard InChI is InChI=1S/C18H19FN4O4/c1-10-15(22-16(21-10)11-3-5-12(19)6-4-11)18(26)23-8-7-20-17(25)13(23)9-14(24)27-2/h3-6,13H,7-9H2,1-2H3,(H,20,25)(H,21,22). The summed E-state index contributed by atoms with van der Waals surface area (Å²) >= 11 is 0. The zero-order valence-corrected chi connectivity index (χ0v) is 14.9. The summed E-state index contributed by atoms with van der Waals surface area (Å²) in [5.41, 5.74) is 1.29. The first-order valence-corrected chi connectivity index (χ1v) is 8.38. The van der Waals surface area contributed by atoms with Crippen molar-refractivity contribution in [2.75, 3.05) is 20.2 Å². The Labute approximate surface area is 154 Å². The van der Waals surface area contributed by atoms with Crippen LogP contribution in [0.3, 0.4) is 0 Å². The maximum atomic E-state index is 13.1. The fraction of sp³-hybridized carbons (Fsp3) is 0.333. The summed E-state index contributed by atoms with van der Waals surface area (Å²) in [5.74, 6) is -1.40. The van der Waals surface area contributed by atoms with Gasteiger partial charge in [-0.3, -0.25) is 14.4 Å². The second-order valence-electron chi connectivity index (χ2n) is 6.15. The number of hydrogen-bond acceptors (Lipinski definition) is 5. The lowest BCUT2D eigenvalue weighted by molar-refractivity contribution is -0.145. The molecule has 3 rings (SSSR count). The van der Waals surface area contributed by atoms with E-state index in [4.69, 9.17) is 0 Å². The molecule has 1 saturated heterocycles. The van der Waals surface area contributed by atoms with Crippen LogP contribution in [-0.2, 0) is 14.3 Å². The molecule has 0 aliphatic carbocycles. The van der Waals surface area contributed by atoms with Gasteiger partial charge in [-0.1, -0.05) is 0 Å². The highest BCUT2D eigenvalue weighted by molar-refractivity contribution is 5.99. The van der Waals surface area contributed by atoms with Gasteiger partial charge >= 0.3 is 5.97 Å². The zero-order chi connectivity index (χ0) is 19.6. The number of aromatic nitrogens is 2. The summed E-state index contributed by atoms with van der Waals surface area (Å²) in [6.45, 7) is 2.23. The van der Waals surface area contributed by atoms with Crippen molar-refractivity contribution in [3.63, 3.8) is 0 Å². The first-order valence-electron chi connectivity index (χ1n) is 8.38. The van der Waals surface area contributed by atoms with Gasteiger partial charge in [-0.25, -0.2) is 9.37 Å². The van der Waals surface area contributed by atoms with Crippen LogP contribution in [0.4, 0.5) is 4.39 Å². The minimum atomic E-state index is -0.955. The number of methoxy groups -OCH3 is 1. The summed E-state index contributed by atoms with van der Waals surface area (Å²) in [5, 5.41) is 2.64. The number of rotatable bonds is 4. The van der Waals surface area contributed by atoms with E-state index >= 15 is 0 Å².